The summed E-state index contributed by atoms with van der Waals surface area (Å²) in [4.78, 5) is 14.7. The topological polar surface area (TPSA) is 32.3 Å². The number of rotatable bonds is 1. The highest BCUT2D eigenvalue weighted by Crippen LogP contribution is 2.28. The van der Waals surface area contributed by atoms with E-state index in [4.69, 9.17) is 0 Å². The van der Waals surface area contributed by atoms with Crippen molar-refractivity contribution >= 4 is 34.2 Å². The second kappa shape index (κ2) is 6.46. The summed E-state index contributed by atoms with van der Waals surface area (Å²) in [6.07, 6.45) is 1.14. The van der Waals surface area contributed by atoms with Crippen LogP contribution in [0.5, 0.6) is 0 Å². The van der Waals surface area contributed by atoms with E-state index in [9.17, 15) is 4.79 Å². The number of aryl methyl sites for hydroxylation is 1. The molecule has 1 N–H and O–H groups in total. The van der Waals surface area contributed by atoms with Crippen LogP contribution in [0.4, 0.5) is 0 Å². The number of hydrogen-bond acceptors (Lipinski definition) is 2. The molecule has 0 saturated carbocycles. The zero-order valence-corrected chi connectivity index (χ0v) is 14.0. The lowest BCUT2D eigenvalue weighted by Gasteiger charge is -2.34. The molecule has 20 heavy (non-hydrogen) atoms. The van der Waals surface area contributed by atoms with Crippen LogP contribution in [0.1, 0.15) is 22.3 Å². The molecule has 0 aliphatic carbocycles. The van der Waals surface area contributed by atoms with Gasteiger partial charge in [-0.15, -0.1) is 12.4 Å². The van der Waals surface area contributed by atoms with Crippen molar-refractivity contribution in [3.63, 3.8) is 0 Å². The van der Waals surface area contributed by atoms with Crippen LogP contribution in [0.25, 0.3) is 0 Å². The van der Waals surface area contributed by atoms with Gasteiger partial charge in [-0.05, 0) is 56.0 Å². The van der Waals surface area contributed by atoms with Gasteiger partial charge in [0.25, 0.3) is 5.91 Å². The van der Waals surface area contributed by atoms with Crippen molar-refractivity contribution in [1.82, 2.24) is 10.2 Å². The summed E-state index contributed by atoms with van der Waals surface area (Å²) < 4.78 is 0.971. The number of hydrogen-bond donors (Lipinski definition) is 1. The van der Waals surface area contributed by atoms with Crippen molar-refractivity contribution in [2.24, 2.45) is 11.8 Å². The van der Waals surface area contributed by atoms with E-state index in [1.807, 2.05) is 30.0 Å². The number of benzene rings is 1. The molecular weight excluding hydrogens is 340 g/mol. The number of fused-ring (bicyclic) bond motifs is 1. The highest BCUT2D eigenvalue weighted by atomic mass is 79.9. The Hall–Kier alpha value is -0.580. The van der Waals surface area contributed by atoms with Gasteiger partial charge >= 0.3 is 0 Å². The fourth-order valence-electron chi connectivity index (χ4n) is 3.21. The number of piperidine rings is 1. The quantitative estimate of drug-likeness (QED) is 0.836. The summed E-state index contributed by atoms with van der Waals surface area (Å²) in [5, 5.41) is 3.44. The van der Waals surface area contributed by atoms with Gasteiger partial charge in [-0.2, -0.15) is 0 Å². The third kappa shape index (κ3) is 3.02. The van der Waals surface area contributed by atoms with Gasteiger partial charge in [-0.25, -0.2) is 0 Å². The van der Waals surface area contributed by atoms with E-state index in [1.165, 1.54) is 0 Å². The molecule has 2 unspecified atom stereocenters. The van der Waals surface area contributed by atoms with Gasteiger partial charge in [0.2, 0.25) is 0 Å². The average molecular weight is 360 g/mol. The summed E-state index contributed by atoms with van der Waals surface area (Å²) in [7, 11) is 0. The largest absolute Gasteiger partial charge is 0.338 e. The molecule has 0 aromatic heterocycles. The molecule has 2 atom stereocenters. The molecule has 2 fully saturated rings. The molecule has 1 aromatic carbocycles. The number of nitrogens with one attached hydrogen (secondary N) is 1. The Morgan fingerprint density at radius 2 is 2.10 bits per heavy atom. The van der Waals surface area contributed by atoms with Crippen LogP contribution in [0.2, 0.25) is 0 Å². The monoisotopic (exact) mass is 358 g/mol. The minimum atomic E-state index is 0. The van der Waals surface area contributed by atoms with Crippen LogP contribution in [0.3, 0.4) is 0 Å². The van der Waals surface area contributed by atoms with E-state index in [-0.39, 0.29) is 18.3 Å². The first-order chi connectivity index (χ1) is 9.15. The molecule has 0 bridgehead atoms. The fourth-order valence-corrected chi connectivity index (χ4v) is 3.58. The molecule has 110 valence electrons. The van der Waals surface area contributed by atoms with Gasteiger partial charge in [0.1, 0.15) is 0 Å². The van der Waals surface area contributed by atoms with Gasteiger partial charge in [0.05, 0.1) is 0 Å². The smallest absolute Gasteiger partial charge is 0.254 e. The minimum absolute atomic E-state index is 0. The summed E-state index contributed by atoms with van der Waals surface area (Å²) in [5.74, 6) is 1.60. The Kier molecular flexibility index (Phi) is 5.10. The van der Waals surface area contributed by atoms with E-state index >= 15 is 0 Å². The molecular formula is C15H20BrClN2O. The molecule has 3 rings (SSSR count). The molecule has 2 aliphatic rings. The predicted octanol–water partition coefficient (Wildman–Crippen LogP) is 2.86. The lowest BCUT2D eigenvalue weighted by atomic mass is 9.88. The van der Waals surface area contributed by atoms with Gasteiger partial charge < -0.3 is 10.2 Å². The number of halogens is 2. The first-order valence-corrected chi connectivity index (χ1v) is 7.70. The first-order valence-electron chi connectivity index (χ1n) is 6.91. The van der Waals surface area contributed by atoms with E-state index in [1.54, 1.807) is 0 Å². The molecule has 2 aliphatic heterocycles. The Morgan fingerprint density at radius 1 is 1.35 bits per heavy atom. The average Bonchev–Trinajstić information content (AvgIpc) is 2.88. The van der Waals surface area contributed by atoms with Crippen molar-refractivity contribution in [3.8, 4) is 0 Å². The van der Waals surface area contributed by atoms with Crippen molar-refractivity contribution in [2.45, 2.75) is 13.3 Å². The van der Waals surface area contributed by atoms with Crippen LogP contribution in [0, 0.1) is 18.8 Å². The van der Waals surface area contributed by atoms with Crippen molar-refractivity contribution in [3.05, 3.63) is 33.8 Å². The number of carbonyl (C=O) groups excluding carboxylic acids is 1. The van der Waals surface area contributed by atoms with Crippen LogP contribution < -0.4 is 5.32 Å². The molecule has 2 saturated heterocycles. The van der Waals surface area contributed by atoms with E-state index in [2.05, 4.69) is 21.2 Å². The van der Waals surface area contributed by atoms with Crippen LogP contribution >= 0.6 is 28.3 Å². The second-order valence-electron chi connectivity index (χ2n) is 5.68. The van der Waals surface area contributed by atoms with E-state index in [0.717, 1.165) is 54.1 Å². The maximum atomic E-state index is 12.6. The van der Waals surface area contributed by atoms with Crippen molar-refractivity contribution in [1.29, 1.82) is 0 Å². The van der Waals surface area contributed by atoms with Gasteiger partial charge in [0, 0.05) is 23.1 Å². The number of carbonyl (C=O) groups is 1. The SMILES string of the molecule is Cc1ccc(Br)cc1C(=O)N1CCC2CNCC2C1.Cl. The van der Waals surface area contributed by atoms with Crippen molar-refractivity contribution in [2.75, 3.05) is 26.2 Å². The van der Waals surface area contributed by atoms with Gasteiger partial charge in [-0.3, -0.25) is 4.79 Å². The molecule has 1 amide bonds. The molecule has 3 nitrogen and oxygen atoms in total. The van der Waals surface area contributed by atoms with Gasteiger partial charge in [0.15, 0.2) is 0 Å². The Morgan fingerprint density at radius 3 is 2.90 bits per heavy atom. The molecule has 0 radical (unpaired) electrons. The van der Waals surface area contributed by atoms with Crippen LogP contribution in [0.15, 0.2) is 22.7 Å². The summed E-state index contributed by atoms with van der Waals surface area (Å²) in [5.41, 5.74) is 1.89. The van der Waals surface area contributed by atoms with Gasteiger partial charge in [-0.1, -0.05) is 22.0 Å². The third-order valence-electron chi connectivity index (χ3n) is 4.42. The molecule has 1 aromatic rings. The van der Waals surface area contributed by atoms with E-state index in [0.29, 0.717) is 5.92 Å². The number of nitrogens with zero attached hydrogens (tertiary/aromatic N) is 1. The summed E-state index contributed by atoms with van der Waals surface area (Å²) in [6.45, 7) is 5.99. The predicted molar refractivity (Wildman–Crippen MR) is 86.5 cm³/mol. The molecule has 5 heteroatoms. The fraction of sp³-hybridized carbons (Fsp3) is 0.533. The van der Waals surface area contributed by atoms with Crippen LogP contribution in [-0.4, -0.2) is 37.0 Å². The minimum Gasteiger partial charge on any atom is -0.338 e. The summed E-state index contributed by atoms with van der Waals surface area (Å²) in [6, 6.07) is 5.93. The lowest BCUT2D eigenvalue weighted by molar-refractivity contribution is 0.0641. The number of likely N-dealkylation sites (tertiary alicyclic amines) is 1. The standard InChI is InChI=1S/C15H19BrN2O.ClH/c1-10-2-3-13(16)6-14(10)15(19)18-5-4-11-7-17-8-12(11)9-18;/h2-3,6,11-12,17H,4-5,7-9H2,1H3;1H. The van der Waals surface area contributed by atoms with Crippen molar-refractivity contribution < 1.29 is 4.79 Å². The molecule has 2 heterocycles. The summed E-state index contributed by atoms with van der Waals surface area (Å²) >= 11 is 3.45. The maximum absolute atomic E-state index is 12.6. The first kappa shape index (κ1) is 15.8. The third-order valence-corrected chi connectivity index (χ3v) is 4.91. The Labute approximate surface area is 134 Å². The number of amides is 1. The zero-order chi connectivity index (χ0) is 13.4. The Bertz CT molecular complexity index is 509. The lowest BCUT2D eigenvalue weighted by Crippen LogP contribution is -2.43. The highest BCUT2D eigenvalue weighted by Gasteiger charge is 2.34. The zero-order valence-electron chi connectivity index (χ0n) is 11.6. The second-order valence-corrected chi connectivity index (χ2v) is 6.59. The van der Waals surface area contributed by atoms with Crippen LogP contribution in [-0.2, 0) is 0 Å². The highest BCUT2D eigenvalue weighted by molar-refractivity contribution is 9.10. The maximum Gasteiger partial charge on any atom is 0.254 e. The molecule has 0 spiro atoms. The normalized spacial score (nSPS) is 25.0. The Balaban J connectivity index is 0.00000147. The van der Waals surface area contributed by atoms with E-state index < -0.39 is 0 Å².